The minimum absolute atomic E-state index is 0.176. The molecular weight excluding hydrogens is 344 g/mol. The molecule has 0 spiro atoms. The number of hydrogen-bond donors (Lipinski definition) is 4. The Hall–Kier alpha value is -2.70. The highest BCUT2D eigenvalue weighted by molar-refractivity contribution is 6.01. The van der Waals surface area contributed by atoms with Crippen LogP contribution in [0.3, 0.4) is 0 Å². The molecule has 6 heteroatoms. The first-order valence-corrected chi connectivity index (χ1v) is 8.89. The Morgan fingerprint density at radius 3 is 1.67 bits per heavy atom. The molecule has 0 aliphatic carbocycles. The molecule has 0 aromatic heterocycles. The average Bonchev–Trinajstić information content (AvgIpc) is 2.67. The number of rotatable bonds is 7. The molecule has 0 radical (unpaired) electrons. The first-order valence-electron chi connectivity index (χ1n) is 8.89. The molecule has 0 heterocycles. The third-order valence-corrected chi connectivity index (χ3v) is 4.15. The van der Waals surface area contributed by atoms with Crippen LogP contribution in [0, 0.1) is 6.92 Å². The zero-order valence-corrected chi connectivity index (χ0v) is 15.8. The lowest BCUT2D eigenvalue weighted by molar-refractivity contribution is 0.0922. The van der Waals surface area contributed by atoms with Gasteiger partial charge in [0.15, 0.2) is 0 Å². The van der Waals surface area contributed by atoms with Crippen molar-refractivity contribution in [1.29, 1.82) is 0 Å². The Kier molecular flexibility index (Phi) is 7.10. The number of carbonyl (C=O) groups excluding carboxylic acids is 2. The van der Waals surface area contributed by atoms with Gasteiger partial charge >= 0.3 is 0 Å². The van der Waals surface area contributed by atoms with Gasteiger partial charge in [0, 0.05) is 23.2 Å². The van der Waals surface area contributed by atoms with Crippen molar-refractivity contribution in [1.82, 2.24) is 10.6 Å². The molecule has 0 saturated heterocycles. The molecule has 0 bridgehead atoms. The van der Waals surface area contributed by atoms with Crippen molar-refractivity contribution in [2.75, 3.05) is 13.2 Å². The van der Waals surface area contributed by atoms with Crippen LogP contribution >= 0.6 is 0 Å². The molecule has 4 N–H and O–H groups in total. The summed E-state index contributed by atoms with van der Waals surface area (Å²) in [5.74, 6) is -0.732. The summed E-state index contributed by atoms with van der Waals surface area (Å²) >= 11 is 0. The summed E-state index contributed by atoms with van der Waals surface area (Å²) in [5, 5.41) is 23.7. The second kappa shape index (κ2) is 9.30. The summed E-state index contributed by atoms with van der Waals surface area (Å²) in [6.07, 6.45) is 0. The molecule has 0 saturated carbocycles. The lowest BCUT2D eigenvalue weighted by Crippen LogP contribution is -2.36. The maximum absolute atomic E-state index is 12.5. The summed E-state index contributed by atoms with van der Waals surface area (Å²) in [4.78, 5) is 25.0. The van der Waals surface area contributed by atoms with E-state index in [4.69, 9.17) is 10.2 Å². The summed E-state index contributed by atoms with van der Waals surface area (Å²) < 4.78 is 0. The van der Waals surface area contributed by atoms with Crippen molar-refractivity contribution in [3.63, 3.8) is 0 Å². The van der Waals surface area contributed by atoms with Crippen LogP contribution < -0.4 is 10.6 Å². The number of carbonyl (C=O) groups is 2. The Bertz CT molecular complexity index is 760. The maximum atomic E-state index is 12.5. The molecule has 2 rings (SSSR count). The predicted octanol–water partition coefficient (Wildman–Crippen LogP) is 1.88. The molecule has 0 fully saturated rings. The quantitative estimate of drug-likeness (QED) is 0.598. The highest BCUT2D eigenvalue weighted by Gasteiger charge is 2.16. The van der Waals surface area contributed by atoms with Crippen LogP contribution in [-0.2, 0) is 0 Å². The van der Waals surface area contributed by atoms with E-state index in [1.54, 1.807) is 26.0 Å². The van der Waals surface area contributed by atoms with E-state index < -0.39 is 12.1 Å². The average molecular weight is 370 g/mol. The van der Waals surface area contributed by atoms with E-state index in [9.17, 15) is 9.59 Å². The van der Waals surface area contributed by atoms with E-state index in [0.717, 1.165) is 16.7 Å². The molecule has 27 heavy (non-hydrogen) atoms. The van der Waals surface area contributed by atoms with Gasteiger partial charge in [-0.3, -0.25) is 9.59 Å². The molecule has 2 aromatic rings. The predicted molar refractivity (Wildman–Crippen MR) is 105 cm³/mol. The topological polar surface area (TPSA) is 98.7 Å². The van der Waals surface area contributed by atoms with Crippen molar-refractivity contribution in [2.24, 2.45) is 0 Å². The van der Waals surface area contributed by atoms with Crippen LogP contribution in [-0.4, -0.2) is 47.3 Å². The summed E-state index contributed by atoms with van der Waals surface area (Å²) in [6, 6.07) is 11.9. The van der Waals surface area contributed by atoms with Gasteiger partial charge in [-0.2, -0.15) is 0 Å². The van der Waals surface area contributed by atoms with Gasteiger partial charge in [0.25, 0.3) is 11.8 Å². The van der Waals surface area contributed by atoms with E-state index in [1.165, 1.54) is 6.07 Å². The third-order valence-electron chi connectivity index (χ3n) is 4.15. The first-order chi connectivity index (χ1) is 12.8. The van der Waals surface area contributed by atoms with Crippen molar-refractivity contribution in [3.05, 3.63) is 59.2 Å². The minimum Gasteiger partial charge on any atom is -0.394 e. The first kappa shape index (κ1) is 20.6. The van der Waals surface area contributed by atoms with Gasteiger partial charge in [0.2, 0.25) is 0 Å². The van der Waals surface area contributed by atoms with Crippen LogP contribution in [0.25, 0.3) is 11.1 Å². The minimum atomic E-state index is -0.396. The smallest absolute Gasteiger partial charge is 0.251 e. The van der Waals surface area contributed by atoms with Crippen LogP contribution in [0.15, 0.2) is 42.5 Å². The van der Waals surface area contributed by atoms with Gasteiger partial charge in [0.1, 0.15) is 0 Å². The highest BCUT2D eigenvalue weighted by Crippen LogP contribution is 2.23. The molecule has 0 aliphatic heterocycles. The van der Waals surface area contributed by atoms with Crippen LogP contribution in [0.2, 0.25) is 0 Å². The van der Waals surface area contributed by atoms with Gasteiger partial charge < -0.3 is 20.8 Å². The van der Waals surface area contributed by atoms with Crippen molar-refractivity contribution in [2.45, 2.75) is 32.9 Å². The second-order valence-electron chi connectivity index (χ2n) is 6.78. The number of nitrogens with one attached hydrogen (secondary N) is 2. The number of aliphatic hydroxyl groups is 2. The molecular formula is C21H26N2O4. The second-order valence-corrected chi connectivity index (χ2v) is 6.78. The van der Waals surface area contributed by atoms with Gasteiger partial charge in [-0.15, -0.1) is 0 Å². The number of benzene rings is 2. The molecule has 144 valence electrons. The fourth-order valence-electron chi connectivity index (χ4n) is 2.51. The van der Waals surface area contributed by atoms with Gasteiger partial charge in [-0.25, -0.2) is 0 Å². The number of amides is 2. The molecule has 2 aromatic carbocycles. The molecule has 2 amide bonds. The van der Waals surface area contributed by atoms with Gasteiger partial charge in [-0.05, 0) is 50.1 Å². The van der Waals surface area contributed by atoms with E-state index in [2.05, 4.69) is 10.6 Å². The fourth-order valence-corrected chi connectivity index (χ4v) is 2.51. The fraction of sp³-hybridized carbons (Fsp3) is 0.333. The standard InChI is InChI=1S/C21H26N2O4/c1-13-4-6-16(7-5-13)17-8-18(20(26)22-14(2)11-24)10-19(9-17)21(27)23-15(3)12-25/h4-10,14-15,24-25H,11-12H2,1-3H3,(H,22,26)(H,23,27)/t14-,15-/m0/s1. The van der Waals surface area contributed by atoms with Crippen LogP contribution in [0.5, 0.6) is 0 Å². The number of aryl methyl sites for hydroxylation is 1. The number of aliphatic hydroxyl groups excluding tert-OH is 2. The molecule has 0 aliphatic rings. The Morgan fingerprint density at radius 1 is 0.815 bits per heavy atom. The molecule has 6 nitrogen and oxygen atoms in total. The Balaban J connectivity index is 2.44. The monoisotopic (exact) mass is 370 g/mol. The number of hydrogen-bond acceptors (Lipinski definition) is 4. The van der Waals surface area contributed by atoms with Crippen LogP contribution in [0.1, 0.15) is 40.1 Å². The molecule has 2 atom stereocenters. The molecule has 0 unspecified atom stereocenters. The van der Waals surface area contributed by atoms with Crippen LogP contribution in [0.4, 0.5) is 0 Å². The van der Waals surface area contributed by atoms with E-state index in [0.29, 0.717) is 11.1 Å². The Morgan fingerprint density at radius 2 is 1.26 bits per heavy atom. The lowest BCUT2D eigenvalue weighted by atomic mass is 9.98. The zero-order chi connectivity index (χ0) is 20.0. The van der Waals surface area contributed by atoms with Crippen molar-refractivity contribution < 1.29 is 19.8 Å². The largest absolute Gasteiger partial charge is 0.394 e. The Labute approximate surface area is 159 Å². The zero-order valence-electron chi connectivity index (χ0n) is 15.8. The SMILES string of the molecule is Cc1ccc(-c2cc(C(=O)N[C@@H](C)CO)cc(C(=O)N[C@@H](C)CO)c2)cc1. The highest BCUT2D eigenvalue weighted by atomic mass is 16.3. The van der Waals surface area contributed by atoms with Crippen molar-refractivity contribution >= 4 is 11.8 Å². The normalized spacial score (nSPS) is 12.9. The lowest BCUT2D eigenvalue weighted by Gasteiger charge is -2.15. The maximum Gasteiger partial charge on any atom is 0.251 e. The van der Waals surface area contributed by atoms with Gasteiger partial charge in [-0.1, -0.05) is 29.8 Å². The van der Waals surface area contributed by atoms with E-state index in [1.807, 2.05) is 31.2 Å². The summed E-state index contributed by atoms with van der Waals surface area (Å²) in [7, 11) is 0. The van der Waals surface area contributed by atoms with Crippen molar-refractivity contribution in [3.8, 4) is 11.1 Å². The van der Waals surface area contributed by atoms with Gasteiger partial charge in [0.05, 0.1) is 13.2 Å². The van der Waals surface area contributed by atoms with E-state index >= 15 is 0 Å². The summed E-state index contributed by atoms with van der Waals surface area (Å²) in [5.41, 5.74) is 3.39. The summed E-state index contributed by atoms with van der Waals surface area (Å²) in [6.45, 7) is 5.02. The third kappa shape index (κ3) is 5.64. The van der Waals surface area contributed by atoms with E-state index in [-0.39, 0.29) is 25.0 Å².